The number of rotatable bonds is 6. The van der Waals surface area contributed by atoms with Gasteiger partial charge in [0.25, 0.3) is 0 Å². The summed E-state index contributed by atoms with van der Waals surface area (Å²) in [6, 6.07) is 3.86. The van der Waals surface area contributed by atoms with Gasteiger partial charge in [-0.15, -0.1) is 0 Å². The van der Waals surface area contributed by atoms with Crippen molar-refractivity contribution in [3.63, 3.8) is 0 Å². The molecule has 0 aliphatic carbocycles. The zero-order valence-corrected chi connectivity index (χ0v) is 13.6. The summed E-state index contributed by atoms with van der Waals surface area (Å²) in [6.07, 6.45) is 4.59. The van der Waals surface area contributed by atoms with E-state index in [-0.39, 0.29) is 5.97 Å². The Bertz CT molecular complexity index is 458. The van der Waals surface area contributed by atoms with Crippen molar-refractivity contribution in [1.29, 1.82) is 0 Å². The molecule has 0 atom stereocenters. The average molecular weight is 309 g/mol. The number of thiocarbonyl (C=S) groups is 1. The van der Waals surface area contributed by atoms with Crippen LogP contribution in [-0.4, -0.2) is 28.2 Å². The van der Waals surface area contributed by atoms with Crippen LogP contribution in [0.2, 0.25) is 0 Å². The molecule has 1 heterocycles. The molecule has 116 valence electrons. The van der Waals surface area contributed by atoms with Gasteiger partial charge in [-0.2, -0.15) is 0 Å². The van der Waals surface area contributed by atoms with E-state index in [0.717, 1.165) is 5.56 Å². The van der Waals surface area contributed by atoms with Crippen molar-refractivity contribution in [2.45, 2.75) is 45.8 Å². The molecule has 0 unspecified atom stereocenters. The van der Waals surface area contributed by atoms with Crippen molar-refractivity contribution in [1.82, 2.24) is 15.6 Å². The van der Waals surface area contributed by atoms with Crippen molar-refractivity contribution in [3.05, 3.63) is 30.1 Å². The van der Waals surface area contributed by atoms with Gasteiger partial charge in [-0.05, 0) is 51.0 Å². The number of esters is 1. The molecular weight excluding hydrogens is 286 g/mol. The standard InChI is InChI=1S/C15H23N3O2S/c1-15(2,3)20-13(19)7-5-9-17-14(21)18-11-12-6-4-8-16-10-12/h4,6,8,10H,5,7,9,11H2,1-3H3,(H2,17,18,21). The maximum atomic E-state index is 11.5. The molecule has 0 aromatic carbocycles. The summed E-state index contributed by atoms with van der Waals surface area (Å²) < 4.78 is 5.23. The predicted octanol–water partition coefficient (Wildman–Crippen LogP) is 2.17. The second-order valence-electron chi connectivity index (χ2n) is 5.66. The number of nitrogens with zero attached hydrogens (tertiary/aromatic N) is 1. The highest BCUT2D eigenvalue weighted by Gasteiger charge is 2.15. The molecule has 0 bridgehead atoms. The normalized spacial score (nSPS) is 10.8. The number of carbonyl (C=O) groups is 1. The Balaban J connectivity index is 2.10. The van der Waals surface area contributed by atoms with Gasteiger partial charge in [0.05, 0.1) is 0 Å². The lowest BCUT2D eigenvalue weighted by atomic mass is 10.2. The summed E-state index contributed by atoms with van der Waals surface area (Å²) in [7, 11) is 0. The van der Waals surface area contributed by atoms with Gasteiger partial charge in [0.1, 0.15) is 5.60 Å². The highest BCUT2D eigenvalue weighted by Crippen LogP contribution is 2.08. The van der Waals surface area contributed by atoms with E-state index in [4.69, 9.17) is 17.0 Å². The van der Waals surface area contributed by atoms with Gasteiger partial charge >= 0.3 is 5.97 Å². The fraction of sp³-hybridized carbons (Fsp3) is 0.533. The molecule has 0 aliphatic rings. The van der Waals surface area contributed by atoms with Crippen molar-refractivity contribution in [2.24, 2.45) is 0 Å². The number of hydrogen-bond acceptors (Lipinski definition) is 4. The van der Waals surface area contributed by atoms with Crippen LogP contribution in [0.4, 0.5) is 0 Å². The highest BCUT2D eigenvalue weighted by molar-refractivity contribution is 7.80. The van der Waals surface area contributed by atoms with E-state index in [1.54, 1.807) is 12.4 Å². The summed E-state index contributed by atoms with van der Waals surface area (Å²) in [6.45, 7) is 6.85. The molecule has 21 heavy (non-hydrogen) atoms. The number of aromatic nitrogens is 1. The first-order valence-corrected chi connectivity index (χ1v) is 7.40. The fourth-order valence-corrected chi connectivity index (χ4v) is 1.75. The number of nitrogens with one attached hydrogen (secondary N) is 2. The monoisotopic (exact) mass is 309 g/mol. The van der Waals surface area contributed by atoms with Crippen LogP contribution in [0.3, 0.4) is 0 Å². The van der Waals surface area contributed by atoms with Crippen LogP contribution < -0.4 is 10.6 Å². The number of ether oxygens (including phenoxy) is 1. The van der Waals surface area contributed by atoms with E-state index in [9.17, 15) is 4.79 Å². The fourth-order valence-electron chi connectivity index (χ4n) is 1.57. The van der Waals surface area contributed by atoms with Crippen LogP contribution in [0, 0.1) is 0 Å². The minimum absolute atomic E-state index is 0.182. The lowest BCUT2D eigenvalue weighted by Gasteiger charge is -2.19. The third-order valence-electron chi connectivity index (χ3n) is 2.44. The molecule has 5 nitrogen and oxygen atoms in total. The molecule has 0 amide bonds. The van der Waals surface area contributed by atoms with Crippen LogP contribution in [-0.2, 0) is 16.1 Å². The molecule has 0 aliphatic heterocycles. The zero-order valence-electron chi connectivity index (χ0n) is 12.8. The Morgan fingerprint density at radius 1 is 1.38 bits per heavy atom. The Labute approximate surface area is 131 Å². The first kappa shape index (κ1) is 17.4. The van der Waals surface area contributed by atoms with Crippen LogP contribution in [0.1, 0.15) is 39.2 Å². The highest BCUT2D eigenvalue weighted by atomic mass is 32.1. The van der Waals surface area contributed by atoms with Gasteiger partial charge in [0.15, 0.2) is 5.11 Å². The molecule has 0 saturated carbocycles. The van der Waals surface area contributed by atoms with Crippen LogP contribution in [0.25, 0.3) is 0 Å². The third-order valence-corrected chi connectivity index (χ3v) is 2.73. The molecular formula is C15H23N3O2S. The van der Waals surface area contributed by atoms with E-state index in [0.29, 0.717) is 31.0 Å². The van der Waals surface area contributed by atoms with Gasteiger partial charge in [0.2, 0.25) is 0 Å². The van der Waals surface area contributed by atoms with Gasteiger partial charge < -0.3 is 15.4 Å². The molecule has 2 N–H and O–H groups in total. The van der Waals surface area contributed by atoms with Crippen molar-refractivity contribution < 1.29 is 9.53 Å². The summed E-state index contributed by atoms with van der Waals surface area (Å²) in [5, 5.41) is 6.72. The van der Waals surface area contributed by atoms with Crippen LogP contribution in [0.15, 0.2) is 24.5 Å². The maximum Gasteiger partial charge on any atom is 0.306 e. The smallest absolute Gasteiger partial charge is 0.306 e. The number of carbonyl (C=O) groups excluding carboxylic acids is 1. The van der Waals surface area contributed by atoms with E-state index < -0.39 is 5.60 Å². The van der Waals surface area contributed by atoms with E-state index in [2.05, 4.69) is 15.6 Å². The van der Waals surface area contributed by atoms with Crippen LogP contribution in [0.5, 0.6) is 0 Å². The molecule has 1 aromatic rings. The molecule has 0 saturated heterocycles. The molecule has 0 spiro atoms. The second kappa shape index (κ2) is 8.56. The summed E-state index contributed by atoms with van der Waals surface area (Å²) >= 11 is 5.16. The quantitative estimate of drug-likeness (QED) is 0.477. The zero-order chi connectivity index (χ0) is 15.7. The molecule has 0 radical (unpaired) electrons. The summed E-state index contributed by atoms with van der Waals surface area (Å²) in [4.78, 5) is 15.5. The number of pyridine rings is 1. The second-order valence-corrected chi connectivity index (χ2v) is 6.07. The number of hydrogen-bond donors (Lipinski definition) is 2. The predicted molar refractivity (Wildman–Crippen MR) is 86.8 cm³/mol. The van der Waals surface area contributed by atoms with Gasteiger partial charge in [-0.1, -0.05) is 6.07 Å². The average Bonchev–Trinajstić information content (AvgIpc) is 2.40. The summed E-state index contributed by atoms with van der Waals surface area (Å²) in [5.41, 5.74) is 0.640. The lowest BCUT2D eigenvalue weighted by Crippen LogP contribution is -2.35. The minimum Gasteiger partial charge on any atom is -0.460 e. The van der Waals surface area contributed by atoms with Gasteiger partial charge in [0, 0.05) is 31.9 Å². The van der Waals surface area contributed by atoms with Crippen molar-refractivity contribution in [3.8, 4) is 0 Å². The first-order chi connectivity index (χ1) is 9.87. The van der Waals surface area contributed by atoms with Gasteiger partial charge in [-0.3, -0.25) is 9.78 Å². The van der Waals surface area contributed by atoms with Crippen molar-refractivity contribution >= 4 is 23.3 Å². The molecule has 6 heteroatoms. The Kier molecular flexibility index (Phi) is 7.08. The van der Waals surface area contributed by atoms with E-state index >= 15 is 0 Å². The van der Waals surface area contributed by atoms with Crippen LogP contribution >= 0.6 is 12.2 Å². The topological polar surface area (TPSA) is 63.2 Å². The summed E-state index contributed by atoms with van der Waals surface area (Å²) in [5.74, 6) is -0.182. The molecule has 1 rings (SSSR count). The molecule has 1 aromatic heterocycles. The SMILES string of the molecule is CC(C)(C)OC(=O)CCCNC(=S)NCc1cccnc1. The first-order valence-electron chi connectivity index (χ1n) is 6.99. The third kappa shape index (κ3) is 8.96. The Hall–Kier alpha value is -1.69. The maximum absolute atomic E-state index is 11.5. The molecule has 0 fully saturated rings. The lowest BCUT2D eigenvalue weighted by molar-refractivity contribution is -0.154. The van der Waals surface area contributed by atoms with Gasteiger partial charge in [-0.25, -0.2) is 0 Å². The van der Waals surface area contributed by atoms with E-state index in [1.165, 1.54) is 0 Å². The Morgan fingerprint density at radius 2 is 2.14 bits per heavy atom. The minimum atomic E-state index is -0.426. The van der Waals surface area contributed by atoms with E-state index in [1.807, 2.05) is 32.9 Å². The Morgan fingerprint density at radius 3 is 2.76 bits per heavy atom. The van der Waals surface area contributed by atoms with Crippen molar-refractivity contribution in [2.75, 3.05) is 6.54 Å². The largest absolute Gasteiger partial charge is 0.460 e.